The number of halogens is 1. The van der Waals surface area contributed by atoms with Gasteiger partial charge in [-0.2, -0.15) is 0 Å². The minimum Gasteiger partial charge on any atom is -0.494 e. The molecule has 0 aliphatic heterocycles. The Bertz CT molecular complexity index is 1230. The van der Waals surface area contributed by atoms with E-state index in [4.69, 9.17) is 4.74 Å². The summed E-state index contributed by atoms with van der Waals surface area (Å²) in [6.45, 7) is 2.84. The van der Waals surface area contributed by atoms with Gasteiger partial charge in [0, 0.05) is 35.3 Å². The van der Waals surface area contributed by atoms with E-state index in [0.29, 0.717) is 27.6 Å². The van der Waals surface area contributed by atoms with Crippen LogP contribution < -0.4 is 15.6 Å². The van der Waals surface area contributed by atoms with Gasteiger partial charge in [-0.15, -0.1) is 0 Å². The fourth-order valence-corrected chi connectivity index (χ4v) is 3.24. The zero-order valence-electron chi connectivity index (χ0n) is 16.2. The molecule has 1 aromatic heterocycles. The number of carbonyl (C=O) groups is 2. The number of nitrogens with zero attached hydrogens (tertiary/aromatic N) is 1. The second-order valence-corrected chi connectivity index (χ2v) is 7.40. The van der Waals surface area contributed by atoms with E-state index in [1.54, 1.807) is 36.4 Å². The Hall–Kier alpha value is -3.46. The number of rotatable bonds is 5. The lowest BCUT2D eigenvalue weighted by Crippen LogP contribution is -2.10. The summed E-state index contributed by atoms with van der Waals surface area (Å²) in [7, 11) is 0. The number of esters is 1. The topological polar surface area (TPSA) is 121 Å². The molecule has 3 rings (SSSR count). The van der Waals surface area contributed by atoms with Crippen LogP contribution in [0.25, 0.3) is 10.8 Å². The van der Waals surface area contributed by atoms with Gasteiger partial charge >= 0.3 is 5.97 Å². The van der Waals surface area contributed by atoms with Crippen LogP contribution in [0.3, 0.4) is 0 Å². The number of pyridine rings is 1. The number of aromatic nitrogens is 1. The fraction of sp³-hybridized carbons (Fsp3) is 0.143. The quantitative estimate of drug-likeness (QED) is 0.298. The van der Waals surface area contributed by atoms with Gasteiger partial charge in [0.05, 0.1) is 17.8 Å². The molecule has 0 atom stereocenters. The second-order valence-electron chi connectivity index (χ2n) is 6.48. The van der Waals surface area contributed by atoms with Gasteiger partial charge in [0.25, 0.3) is 5.56 Å². The van der Waals surface area contributed by atoms with Gasteiger partial charge in [-0.05, 0) is 35.9 Å². The third-order valence-electron chi connectivity index (χ3n) is 4.11. The molecule has 0 aliphatic carbocycles. The average Bonchev–Trinajstić information content (AvgIpc) is 2.65. The number of hydrogen-bond donors (Lipinski definition) is 3. The van der Waals surface area contributed by atoms with Crippen LogP contribution in [0.5, 0.6) is 11.6 Å². The van der Waals surface area contributed by atoms with E-state index in [0.717, 1.165) is 4.47 Å². The molecule has 2 aromatic carbocycles. The van der Waals surface area contributed by atoms with E-state index < -0.39 is 11.5 Å². The highest BCUT2D eigenvalue weighted by molar-refractivity contribution is 9.10. The number of ether oxygens (including phenoxy) is 1. The molecule has 1 heterocycles. The van der Waals surface area contributed by atoms with E-state index in [1.165, 1.54) is 20.1 Å². The highest BCUT2D eigenvalue weighted by Crippen LogP contribution is 2.27. The summed E-state index contributed by atoms with van der Waals surface area (Å²) in [5, 5.41) is 13.8. The van der Waals surface area contributed by atoms with Crippen LogP contribution in [-0.2, 0) is 16.1 Å². The maximum absolute atomic E-state index is 12.0. The van der Waals surface area contributed by atoms with Crippen LogP contribution in [0.1, 0.15) is 25.0 Å². The predicted octanol–water partition coefficient (Wildman–Crippen LogP) is 3.50. The Labute approximate surface area is 179 Å². The van der Waals surface area contributed by atoms with Crippen LogP contribution >= 0.6 is 15.9 Å². The summed E-state index contributed by atoms with van der Waals surface area (Å²) < 4.78 is 5.92. The number of carbonyl (C=O) groups excluding carboxylic acids is 2. The van der Waals surface area contributed by atoms with E-state index in [2.05, 4.69) is 31.2 Å². The molecule has 1 amide bonds. The van der Waals surface area contributed by atoms with E-state index >= 15 is 0 Å². The number of hydrogen-bond acceptors (Lipinski definition) is 6. The number of aromatic amines is 1. The average molecular weight is 472 g/mol. The first-order chi connectivity index (χ1) is 14.2. The molecular formula is C21H18BrN3O5. The molecule has 0 fully saturated rings. The molecule has 30 heavy (non-hydrogen) atoms. The van der Waals surface area contributed by atoms with Crippen LogP contribution in [0.2, 0.25) is 0 Å². The first-order valence-electron chi connectivity index (χ1n) is 8.88. The van der Waals surface area contributed by atoms with Crippen molar-refractivity contribution in [1.29, 1.82) is 0 Å². The van der Waals surface area contributed by atoms with Crippen molar-refractivity contribution in [3.8, 4) is 11.6 Å². The maximum atomic E-state index is 12.0. The molecule has 0 spiro atoms. The van der Waals surface area contributed by atoms with E-state index in [-0.39, 0.29) is 24.1 Å². The highest BCUT2D eigenvalue weighted by atomic mass is 79.9. The maximum Gasteiger partial charge on any atom is 0.308 e. The van der Waals surface area contributed by atoms with E-state index in [9.17, 15) is 19.5 Å². The molecule has 0 unspecified atom stereocenters. The highest BCUT2D eigenvalue weighted by Gasteiger charge is 2.11. The van der Waals surface area contributed by atoms with Crippen molar-refractivity contribution in [2.45, 2.75) is 20.4 Å². The van der Waals surface area contributed by atoms with Crippen molar-refractivity contribution < 1.29 is 19.4 Å². The standard InChI is InChI=1S/C21H18BrN3O5/c1-11(26)24-18-6-3-13(7-19(18)30-12(2)27)9-23-10-17-16-8-14(22)4-5-15(16)20(28)25-21(17)29/h3-8,10H,9H2,1-2H3,(H,24,26)(H2,25,28,29). The lowest BCUT2D eigenvalue weighted by atomic mass is 10.1. The molecule has 0 radical (unpaired) electrons. The van der Waals surface area contributed by atoms with Crippen molar-refractivity contribution >= 4 is 50.5 Å². The molecule has 8 nitrogen and oxygen atoms in total. The Morgan fingerprint density at radius 3 is 2.67 bits per heavy atom. The molecule has 154 valence electrons. The molecule has 0 aliphatic rings. The van der Waals surface area contributed by atoms with Crippen LogP contribution in [0, 0.1) is 0 Å². The third kappa shape index (κ3) is 4.93. The van der Waals surface area contributed by atoms with Crippen LogP contribution in [0.4, 0.5) is 5.69 Å². The molecule has 3 aromatic rings. The smallest absolute Gasteiger partial charge is 0.308 e. The number of fused-ring (bicyclic) bond motifs is 1. The van der Waals surface area contributed by atoms with Gasteiger partial charge in [-0.1, -0.05) is 22.0 Å². The van der Waals surface area contributed by atoms with Crippen molar-refractivity contribution in [2.24, 2.45) is 4.99 Å². The third-order valence-corrected chi connectivity index (χ3v) is 4.60. The number of anilines is 1. The Balaban J connectivity index is 1.92. The van der Waals surface area contributed by atoms with Gasteiger partial charge < -0.3 is 15.2 Å². The van der Waals surface area contributed by atoms with Gasteiger partial charge in [-0.3, -0.25) is 24.4 Å². The lowest BCUT2D eigenvalue weighted by molar-refractivity contribution is -0.131. The van der Waals surface area contributed by atoms with Crippen molar-refractivity contribution in [1.82, 2.24) is 4.98 Å². The van der Waals surface area contributed by atoms with Gasteiger partial charge in [0.2, 0.25) is 11.8 Å². The SMILES string of the molecule is CC(=O)Nc1ccc(CN=Cc2c(O)[nH]c(=O)c3ccc(Br)cc23)cc1OC(C)=O. The Kier molecular flexibility index (Phi) is 6.31. The number of nitrogens with one attached hydrogen (secondary N) is 2. The van der Waals surface area contributed by atoms with Gasteiger partial charge in [-0.25, -0.2) is 0 Å². The molecule has 0 saturated carbocycles. The molecule has 9 heteroatoms. The number of aromatic hydroxyl groups is 1. The minimum absolute atomic E-state index is 0.211. The lowest BCUT2D eigenvalue weighted by Gasteiger charge is -2.10. The summed E-state index contributed by atoms with van der Waals surface area (Å²) >= 11 is 3.36. The van der Waals surface area contributed by atoms with Crippen molar-refractivity contribution in [3.05, 3.63) is 62.4 Å². The number of benzene rings is 2. The summed E-state index contributed by atoms with van der Waals surface area (Å²) in [5.41, 5.74) is 1.07. The summed E-state index contributed by atoms with van der Waals surface area (Å²) in [5.74, 6) is -0.874. The first kappa shape index (κ1) is 21.3. The molecule has 0 bridgehead atoms. The largest absolute Gasteiger partial charge is 0.494 e. The van der Waals surface area contributed by atoms with Crippen LogP contribution in [-0.4, -0.2) is 28.2 Å². The predicted molar refractivity (Wildman–Crippen MR) is 117 cm³/mol. The fourth-order valence-electron chi connectivity index (χ4n) is 2.88. The number of aliphatic imine (C=N–C) groups is 1. The summed E-state index contributed by atoms with van der Waals surface area (Å²) in [6, 6.07) is 10.1. The number of H-pyrrole nitrogens is 1. The normalized spacial score (nSPS) is 11.0. The van der Waals surface area contributed by atoms with Gasteiger partial charge in [0.15, 0.2) is 5.75 Å². The second kappa shape index (κ2) is 8.91. The zero-order valence-corrected chi connectivity index (χ0v) is 17.7. The van der Waals surface area contributed by atoms with E-state index in [1.807, 2.05) is 0 Å². The Morgan fingerprint density at radius 1 is 1.20 bits per heavy atom. The zero-order chi connectivity index (χ0) is 21.8. The van der Waals surface area contributed by atoms with Gasteiger partial charge in [0.1, 0.15) is 0 Å². The van der Waals surface area contributed by atoms with Crippen molar-refractivity contribution in [2.75, 3.05) is 5.32 Å². The summed E-state index contributed by atoms with van der Waals surface area (Å²) in [6.07, 6.45) is 1.47. The monoisotopic (exact) mass is 471 g/mol. The minimum atomic E-state index is -0.516. The van der Waals surface area contributed by atoms with Crippen molar-refractivity contribution in [3.63, 3.8) is 0 Å². The first-order valence-corrected chi connectivity index (χ1v) is 9.67. The Morgan fingerprint density at radius 2 is 1.97 bits per heavy atom. The molecule has 3 N–H and O–H groups in total. The molecular weight excluding hydrogens is 454 g/mol. The van der Waals surface area contributed by atoms with Crippen LogP contribution in [0.15, 0.2) is 50.7 Å². The molecule has 0 saturated heterocycles. The summed E-state index contributed by atoms with van der Waals surface area (Å²) in [4.78, 5) is 41.5. The number of amides is 1.